The molecule has 0 spiro atoms. The van der Waals surface area contributed by atoms with E-state index < -0.39 is 7.12 Å². The SMILES string of the molecule is Cc1cc(C(=O)NC[C@@H]2CC[C@H](Nc3ccc(B(O)O)cn3)C2)on1. The number of rotatable bonds is 6. The molecule has 2 heterocycles. The molecule has 8 nitrogen and oxygen atoms in total. The van der Waals surface area contributed by atoms with Gasteiger partial charge in [0, 0.05) is 30.3 Å². The van der Waals surface area contributed by atoms with Gasteiger partial charge < -0.3 is 25.2 Å². The van der Waals surface area contributed by atoms with E-state index in [1.807, 2.05) is 0 Å². The van der Waals surface area contributed by atoms with Gasteiger partial charge in [-0.2, -0.15) is 0 Å². The third kappa shape index (κ3) is 4.58. The zero-order valence-electron chi connectivity index (χ0n) is 14.0. The van der Waals surface area contributed by atoms with Crippen LogP contribution in [-0.2, 0) is 0 Å². The first-order chi connectivity index (χ1) is 12.0. The van der Waals surface area contributed by atoms with Crippen molar-refractivity contribution in [2.45, 2.75) is 32.2 Å². The number of anilines is 1. The first-order valence-corrected chi connectivity index (χ1v) is 8.31. The van der Waals surface area contributed by atoms with Gasteiger partial charge in [0.1, 0.15) is 5.82 Å². The summed E-state index contributed by atoms with van der Waals surface area (Å²) in [6.07, 6.45) is 4.38. The summed E-state index contributed by atoms with van der Waals surface area (Å²) in [5, 5.41) is 28.1. The zero-order chi connectivity index (χ0) is 17.8. The minimum atomic E-state index is -1.51. The summed E-state index contributed by atoms with van der Waals surface area (Å²) < 4.78 is 4.95. The standard InChI is InChI=1S/C16H21BN4O4/c1-10-6-14(25-21-10)16(22)19-8-11-2-4-13(7-11)20-15-5-3-12(9-18-15)17(23)24/h3,5-6,9,11,13,23-24H,2,4,7-8H2,1H3,(H,18,20)(H,19,22)/t11-,13+/m1/s1. The van der Waals surface area contributed by atoms with Crippen molar-refractivity contribution in [3.05, 3.63) is 35.9 Å². The van der Waals surface area contributed by atoms with E-state index in [2.05, 4.69) is 20.8 Å². The highest BCUT2D eigenvalue weighted by Crippen LogP contribution is 2.27. The first kappa shape index (κ1) is 17.4. The Morgan fingerprint density at radius 3 is 2.88 bits per heavy atom. The van der Waals surface area contributed by atoms with Gasteiger partial charge in [-0.05, 0) is 38.2 Å². The van der Waals surface area contributed by atoms with Gasteiger partial charge in [-0.25, -0.2) is 4.98 Å². The maximum atomic E-state index is 12.0. The summed E-state index contributed by atoms with van der Waals surface area (Å²) in [7, 11) is -1.51. The van der Waals surface area contributed by atoms with Gasteiger partial charge in [0.15, 0.2) is 0 Å². The fourth-order valence-electron chi connectivity index (χ4n) is 3.04. The fourth-order valence-corrected chi connectivity index (χ4v) is 3.04. The molecule has 3 rings (SSSR count). The van der Waals surface area contributed by atoms with E-state index in [1.165, 1.54) is 6.20 Å². The summed E-state index contributed by atoms with van der Waals surface area (Å²) in [4.78, 5) is 16.1. The second kappa shape index (κ2) is 7.67. The Balaban J connectivity index is 1.44. The molecule has 0 unspecified atom stereocenters. The van der Waals surface area contributed by atoms with Crippen molar-refractivity contribution in [1.29, 1.82) is 0 Å². The van der Waals surface area contributed by atoms with Crippen LogP contribution in [0.3, 0.4) is 0 Å². The van der Waals surface area contributed by atoms with Crippen LogP contribution in [0.1, 0.15) is 35.5 Å². The molecule has 0 saturated heterocycles. The predicted molar refractivity (Wildman–Crippen MR) is 92.4 cm³/mol. The first-order valence-electron chi connectivity index (χ1n) is 8.31. The average Bonchev–Trinajstić information content (AvgIpc) is 3.22. The maximum absolute atomic E-state index is 12.0. The van der Waals surface area contributed by atoms with E-state index in [-0.39, 0.29) is 17.7 Å². The molecule has 0 bridgehead atoms. The highest BCUT2D eigenvalue weighted by molar-refractivity contribution is 6.58. The molecule has 1 saturated carbocycles. The minimum Gasteiger partial charge on any atom is -0.423 e. The van der Waals surface area contributed by atoms with E-state index in [9.17, 15) is 4.79 Å². The number of pyridine rings is 1. The second-order valence-corrected chi connectivity index (χ2v) is 6.41. The van der Waals surface area contributed by atoms with Crippen molar-refractivity contribution in [2.75, 3.05) is 11.9 Å². The van der Waals surface area contributed by atoms with E-state index >= 15 is 0 Å². The highest BCUT2D eigenvalue weighted by Gasteiger charge is 2.25. The van der Waals surface area contributed by atoms with E-state index in [1.54, 1.807) is 25.1 Å². The van der Waals surface area contributed by atoms with Crippen LogP contribution in [-0.4, -0.2) is 45.8 Å². The van der Waals surface area contributed by atoms with Crippen molar-refractivity contribution >= 4 is 24.3 Å². The van der Waals surface area contributed by atoms with Gasteiger partial charge in [0.05, 0.1) is 5.69 Å². The normalized spacial score (nSPS) is 19.6. The molecule has 2 atom stereocenters. The molecule has 2 aromatic heterocycles. The third-order valence-electron chi connectivity index (χ3n) is 4.38. The molecule has 9 heteroatoms. The number of carbonyl (C=O) groups excluding carboxylic acids is 1. The molecule has 1 amide bonds. The molecule has 0 radical (unpaired) electrons. The van der Waals surface area contributed by atoms with Crippen LogP contribution in [0.25, 0.3) is 0 Å². The van der Waals surface area contributed by atoms with Crippen LogP contribution in [0.5, 0.6) is 0 Å². The van der Waals surface area contributed by atoms with E-state index in [0.29, 0.717) is 29.4 Å². The minimum absolute atomic E-state index is 0.237. The lowest BCUT2D eigenvalue weighted by atomic mass is 9.82. The van der Waals surface area contributed by atoms with E-state index in [4.69, 9.17) is 14.6 Å². The smallest absolute Gasteiger partial charge is 0.423 e. The number of hydrogen-bond acceptors (Lipinski definition) is 7. The molecule has 0 aromatic carbocycles. The number of nitrogens with zero attached hydrogens (tertiary/aromatic N) is 2. The molecular formula is C16H21BN4O4. The monoisotopic (exact) mass is 344 g/mol. The quantitative estimate of drug-likeness (QED) is 0.547. The van der Waals surface area contributed by atoms with Crippen LogP contribution < -0.4 is 16.1 Å². The number of aryl methyl sites for hydroxylation is 1. The van der Waals surface area contributed by atoms with Crippen LogP contribution in [0.2, 0.25) is 0 Å². The predicted octanol–water partition coefficient (Wildman–Crippen LogP) is 0.0684. The Hall–Kier alpha value is -2.39. The third-order valence-corrected chi connectivity index (χ3v) is 4.38. The molecule has 132 valence electrons. The van der Waals surface area contributed by atoms with Crippen molar-refractivity contribution in [2.24, 2.45) is 5.92 Å². The average molecular weight is 344 g/mol. The summed E-state index contributed by atoms with van der Waals surface area (Å²) in [6.45, 7) is 2.37. The van der Waals surface area contributed by atoms with Crippen molar-refractivity contribution in [1.82, 2.24) is 15.5 Å². The number of carbonyl (C=O) groups is 1. The highest BCUT2D eigenvalue weighted by atomic mass is 16.5. The number of hydrogen-bond donors (Lipinski definition) is 4. The number of nitrogens with one attached hydrogen (secondary N) is 2. The summed E-state index contributed by atoms with van der Waals surface area (Å²) >= 11 is 0. The van der Waals surface area contributed by atoms with Crippen LogP contribution in [0, 0.1) is 12.8 Å². The van der Waals surface area contributed by atoms with Crippen molar-refractivity contribution in [3.8, 4) is 0 Å². The molecule has 2 aromatic rings. The maximum Gasteiger partial charge on any atom is 0.490 e. The lowest BCUT2D eigenvalue weighted by Gasteiger charge is -2.14. The molecule has 1 aliphatic carbocycles. The Kier molecular flexibility index (Phi) is 5.35. The Labute approximate surface area is 145 Å². The van der Waals surface area contributed by atoms with Crippen LogP contribution in [0.4, 0.5) is 5.82 Å². The Morgan fingerprint density at radius 2 is 2.24 bits per heavy atom. The number of amides is 1. The zero-order valence-corrected chi connectivity index (χ0v) is 14.0. The van der Waals surface area contributed by atoms with Gasteiger partial charge in [-0.3, -0.25) is 4.79 Å². The second-order valence-electron chi connectivity index (χ2n) is 6.41. The molecule has 0 aliphatic heterocycles. The van der Waals surface area contributed by atoms with Gasteiger partial charge in [-0.15, -0.1) is 0 Å². The van der Waals surface area contributed by atoms with Gasteiger partial charge >= 0.3 is 7.12 Å². The lowest BCUT2D eigenvalue weighted by Crippen LogP contribution is -2.30. The topological polar surface area (TPSA) is 121 Å². The summed E-state index contributed by atoms with van der Waals surface area (Å²) in [6, 6.07) is 5.27. The van der Waals surface area contributed by atoms with Gasteiger partial charge in [0.25, 0.3) is 5.91 Å². The molecule has 4 N–H and O–H groups in total. The van der Waals surface area contributed by atoms with Gasteiger partial charge in [0.2, 0.25) is 5.76 Å². The van der Waals surface area contributed by atoms with Crippen molar-refractivity contribution in [3.63, 3.8) is 0 Å². The Bertz CT molecular complexity index is 719. The van der Waals surface area contributed by atoms with Crippen molar-refractivity contribution < 1.29 is 19.4 Å². The molecular weight excluding hydrogens is 323 g/mol. The van der Waals surface area contributed by atoms with Gasteiger partial charge in [-0.1, -0.05) is 11.2 Å². The van der Waals surface area contributed by atoms with Crippen LogP contribution in [0.15, 0.2) is 28.9 Å². The Morgan fingerprint density at radius 1 is 1.40 bits per heavy atom. The lowest BCUT2D eigenvalue weighted by molar-refractivity contribution is 0.0910. The molecule has 25 heavy (non-hydrogen) atoms. The largest absolute Gasteiger partial charge is 0.490 e. The molecule has 1 aliphatic rings. The van der Waals surface area contributed by atoms with E-state index in [0.717, 1.165) is 19.3 Å². The summed E-state index contributed by atoms with van der Waals surface area (Å²) in [5.41, 5.74) is 1.04. The number of aromatic nitrogens is 2. The molecule has 1 fully saturated rings. The van der Waals surface area contributed by atoms with Crippen LogP contribution >= 0.6 is 0 Å². The fraction of sp³-hybridized carbons (Fsp3) is 0.438. The summed E-state index contributed by atoms with van der Waals surface area (Å²) in [5.74, 6) is 1.09.